The number of H-pyrrole nitrogens is 1. The summed E-state index contributed by atoms with van der Waals surface area (Å²) in [5.74, 6) is -0.237. The number of hydrogen-bond acceptors (Lipinski definition) is 7. The molecule has 1 saturated heterocycles. The van der Waals surface area contributed by atoms with Gasteiger partial charge in [0.2, 0.25) is 0 Å². The second-order valence-corrected chi connectivity index (χ2v) is 11.1. The van der Waals surface area contributed by atoms with Crippen LogP contribution in [0.3, 0.4) is 0 Å². The minimum atomic E-state index is -0.579. The van der Waals surface area contributed by atoms with Gasteiger partial charge in [-0.25, -0.2) is 4.79 Å². The number of methoxy groups -OCH3 is 3. The van der Waals surface area contributed by atoms with Crippen molar-refractivity contribution in [1.82, 2.24) is 9.88 Å². The van der Waals surface area contributed by atoms with E-state index in [9.17, 15) is 9.59 Å². The Bertz CT molecular complexity index is 1420. The van der Waals surface area contributed by atoms with Gasteiger partial charge in [0.15, 0.2) is 0 Å². The minimum Gasteiger partial charge on any atom is -0.497 e. The molecule has 0 spiro atoms. The minimum absolute atomic E-state index is 0.0420. The molecule has 8 nitrogen and oxygen atoms in total. The van der Waals surface area contributed by atoms with Crippen molar-refractivity contribution in [3.8, 4) is 5.75 Å². The number of rotatable bonds is 6. The van der Waals surface area contributed by atoms with E-state index < -0.39 is 24.1 Å². The third-order valence-electron chi connectivity index (χ3n) is 9.08. The lowest BCUT2D eigenvalue weighted by Crippen LogP contribution is -2.58. The van der Waals surface area contributed by atoms with Gasteiger partial charge in [0.05, 0.1) is 26.2 Å². The first kappa shape index (κ1) is 26.6. The summed E-state index contributed by atoms with van der Waals surface area (Å²) in [6.07, 6.45) is 4.46. The number of benzene rings is 2. The van der Waals surface area contributed by atoms with Crippen LogP contribution in [0.15, 0.2) is 54.6 Å². The number of nitrogens with one attached hydrogen (secondary N) is 1. The van der Waals surface area contributed by atoms with E-state index in [1.165, 1.54) is 29.8 Å². The van der Waals surface area contributed by atoms with E-state index in [0.717, 1.165) is 42.8 Å². The molecule has 1 aromatic heterocycles. The fourth-order valence-corrected chi connectivity index (χ4v) is 7.27. The molecule has 3 aliphatic rings. The Balaban J connectivity index is 1.26. The van der Waals surface area contributed by atoms with E-state index >= 15 is 0 Å². The van der Waals surface area contributed by atoms with Gasteiger partial charge in [0.25, 0.3) is 0 Å². The van der Waals surface area contributed by atoms with Gasteiger partial charge in [-0.05, 0) is 60.4 Å². The van der Waals surface area contributed by atoms with Crippen molar-refractivity contribution in [1.29, 1.82) is 0 Å². The number of piperidine rings is 1. The molecule has 40 heavy (non-hydrogen) atoms. The van der Waals surface area contributed by atoms with Crippen LogP contribution in [0.2, 0.25) is 0 Å². The number of carbonyl (C=O) groups is 2. The van der Waals surface area contributed by atoms with Gasteiger partial charge in [-0.3, -0.25) is 9.69 Å². The highest BCUT2D eigenvalue weighted by Gasteiger charge is 2.54. The molecule has 3 heterocycles. The first-order valence-electron chi connectivity index (χ1n) is 14.0. The van der Waals surface area contributed by atoms with Gasteiger partial charge in [0, 0.05) is 48.9 Å². The molecule has 2 aromatic carbocycles. The van der Waals surface area contributed by atoms with E-state index in [1.807, 2.05) is 42.5 Å². The Hall–Kier alpha value is -3.62. The smallest absolute Gasteiger partial charge is 0.331 e. The fraction of sp³-hybridized carbons (Fsp3) is 0.438. The lowest BCUT2D eigenvalue weighted by molar-refractivity contribution is -0.187. The molecule has 0 unspecified atom stereocenters. The number of esters is 2. The molecule has 1 N–H and O–H groups in total. The highest BCUT2D eigenvalue weighted by molar-refractivity contribution is 5.87. The number of fused-ring (bicyclic) bond motifs is 6. The monoisotopic (exact) mass is 544 g/mol. The van der Waals surface area contributed by atoms with E-state index in [4.69, 9.17) is 18.9 Å². The van der Waals surface area contributed by atoms with Crippen molar-refractivity contribution < 1.29 is 28.5 Å². The maximum atomic E-state index is 13.3. The van der Waals surface area contributed by atoms with Gasteiger partial charge in [-0.2, -0.15) is 0 Å². The van der Waals surface area contributed by atoms with E-state index in [-0.39, 0.29) is 23.8 Å². The molecule has 1 aliphatic carbocycles. The molecule has 3 aromatic rings. The van der Waals surface area contributed by atoms with Crippen LogP contribution in [0.1, 0.15) is 35.7 Å². The molecule has 2 fully saturated rings. The second kappa shape index (κ2) is 11.1. The molecule has 210 valence electrons. The number of aromatic amines is 1. The van der Waals surface area contributed by atoms with Gasteiger partial charge < -0.3 is 23.9 Å². The number of nitrogens with zero attached hydrogens (tertiary/aromatic N) is 1. The van der Waals surface area contributed by atoms with Crippen LogP contribution in [-0.2, 0) is 30.2 Å². The van der Waals surface area contributed by atoms with Gasteiger partial charge >= 0.3 is 11.9 Å². The largest absolute Gasteiger partial charge is 0.497 e. The first-order chi connectivity index (χ1) is 19.5. The molecule has 8 heteroatoms. The zero-order chi connectivity index (χ0) is 27.8. The quantitative estimate of drug-likeness (QED) is 0.360. The van der Waals surface area contributed by atoms with Crippen molar-refractivity contribution in [2.75, 3.05) is 34.4 Å². The lowest BCUT2D eigenvalue weighted by atomic mass is 9.63. The molecular weight excluding hydrogens is 508 g/mol. The zero-order valence-corrected chi connectivity index (χ0v) is 23.2. The molecule has 0 amide bonds. The van der Waals surface area contributed by atoms with E-state index in [1.54, 1.807) is 20.3 Å². The van der Waals surface area contributed by atoms with Crippen molar-refractivity contribution in [2.45, 2.75) is 37.5 Å². The van der Waals surface area contributed by atoms with Crippen molar-refractivity contribution in [2.24, 2.45) is 17.8 Å². The molecule has 1 saturated carbocycles. The third kappa shape index (κ3) is 4.80. The predicted molar refractivity (Wildman–Crippen MR) is 151 cm³/mol. The first-order valence-corrected chi connectivity index (χ1v) is 14.0. The molecule has 6 atom stereocenters. The van der Waals surface area contributed by atoms with E-state index in [2.05, 4.69) is 16.0 Å². The second-order valence-electron chi connectivity index (χ2n) is 11.1. The maximum absolute atomic E-state index is 13.3. The topological polar surface area (TPSA) is 90.1 Å². The Morgan fingerprint density at radius 1 is 1.05 bits per heavy atom. The van der Waals surface area contributed by atoms with Gasteiger partial charge in [-0.1, -0.05) is 30.3 Å². The van der Waals surface area contributed by atoms with Crippen LogP contribution in [0.5, 0.6) is 5.75 Å². The number of carbonyl (C=O) groups excluding carboxylic acids is 2. The summed E-state index contributed by atoms with van der Waals surface area (Å²) in [4.78, 5) is 32.3. The fourth-order valence-electron chi connectivity index (χ4n) is 7.27. The number of aromatic nitrogens is 1. The van der Waals surface area contributed by atoms with Gasteiger partial charge in [0.1, 0.15) is 18.0 Å². The highest BCUT2D eigenvalue weighted by Crippen LogP contribution is 2.50. The van der Waals surface area contributed by atoms with Crippen molar-refractivity contribution in [3.05, 3.63) is 71.4 Å². The van der Waals surface area contributed by atoms with Crippen LogP contribution in [0.25, 0.3) is 17.0 Å². The van der Waals surface area contributed by atoms with Crippen LogP contribution < -0.4 is 4.74 Å². The Morgan fingerprint density at radius 2 is 1.88 bits per heavy atom. The average molecular weight is 545 g/mol. The summed E-state index contributed by atoms with van der Waals surface area (Å²) in [6.45, 7) is 1.77. The number of ether oxygens (including phenoxy) is 4. The standard InChI is InChI=1S/C32H36N2O6/c1-37-21-10-11-22-23-13-14-34-18-20-15-27(40-28(35)12-9-19-7-5-4-6-8-19)31(38-2)29(32(36)39-3)24(20)17-26(34)30(23)33-25(22)16-21/h4-12,16,20,24,26-27,29,31,33H,13-15,17-18H2,1-3H3/b12-9+/t20-,24+,26-,27-,29+,31+/m1/s1. The summed E-state index contributed by atoms with van der Waals surface area (Å²) in [5, 5.41) is 1.23. The summed E-state index contributed by atoms with van der Waals surface area (Å²) in [6, 6.07) is 16.0. The Morgan fingerprint density at radius 3 is 2.62 bits per heavy atom. The average Bonchev–Trinajstić information content (AvgIpc) is 3.36. The molecule has 0 bridgehead atoms. The predicted octanol–water partition coefficient (Wildman–Crippen LogP) is 4.54. The maximum Gasteiger partial charge on any atom is 0.331 e. The highest BCUT2D eigenvalue weighted by atomic mass is 16.6. The normalized spacial score (nSPS) is 28.0. The lowest BCUT2D eigenvalue weighted by Gasteiger charge is -2.52. The van der Waals surface area contributed by atoms with Crippen LogP contribution in [0, 0.1) is 17.8 Å². The summed E-state index contributed by atoms with van der Waals surface area (Å²) in [7, 11) is 4.68. The molecule has 0 radical (unpaired) electrons. The van der Waals surface area contributed by atoms with Crippen LogP contribution in [0.4, 0.5) is 0 Å². The Labute approximate surface area is 234 Å². The third-order valence-corrected chi connectivity index (χ3v) is 9.08. The van der Waals surface area contributed by atoms with Crippen LogP contribution >= 0.6 is 0 Å². The summed E-state index contributed by atoms with van der Waals surface area (Å²) in [5.41, 5.74) is 4.57. The SMILES string of the molecule is COC(=O)[C@H]1[C@H]2C[C@@H]3c4[nH]c5cc(OC)ccc5c4CCN3C[C@H]2C[C@@H](OC(=O)/C=C/c2ccccc2)[C@@H]1OC. The molecular formula is C32H36N2O6. The summed E-state index contributed by atoms with van der Waals surface area (Å²) >= 11 is 0. The molecule has 6 rings (SSSR count). The van der Waals surface area contributed by atoms with Crippen molar-refractivity contribution in [3.63, 3.8) is 0 Å². The van der Waals surface area contributed by atoms with E-state index in [0.29, 0.717) is 6.42 Å². The van der Waals surface area contributed by atoms with Gasteiger partial charge in [-0.15, -0.1) is 0 Å². The van der Waals surface area contributed by atoms with Crippen molar-refractivity contribution >= 4 is 28.9 Å². The zero-order valence-electron chi connectivity index (χ0n) is 23.2. The number of hydrogen-bond donors (Lipinski definition) is 1. The summed E-state index contributed by atoms with van der Waals surface area (Å²) < 4.78 is 22.6. The Kier molecular flexibility index (Phi) is 7.38. The van der Waals surface area contributed by atoms with Crippen LogP contribution in [-0.4, -0.2) is 68.4 Å². The molecule has 2 aliphatic heterocycles.